The number of rotatable bonds is 4. The predicted octanol–water partition coefficient (Wildman–Crippen LogP) is 5.51. The van der Waals surface area contributed by atoms with Crippen molar-refractivity contribution in [1.82, 2.24) is 15.1 Å². The first-order valence-electron chi connectivity index (χ1n) is 21.1. The van der Waals surface area contributed by atoms with Crippen molar-refractivity contribution in [1.29, 1.82) is 5.26 Å². The maximum absolute atomic E-state index is 15.1. The lowest BCUT2D eigenvalue weighted by Crippen LogP contribution is -2.71. The number of phenols is 1. The smallest absolute Gasteiger partial charge is 0.411 e. The number of carbonyl (C=O) groups excluding carboxylic acids is 4. The highest BCUT2D eigenvalue weighted by Crippen LogP contribution is 2.65. The Bertz CT molecular complexity index is 2570. The number of nitriles is 1. The van der Waals surface area contributed by atoms with Crippen molar-refractivity contribution in [3.05, 3.63) is 62.7 Å². The summed E-state index contributed by atoms with van der Waals surface area (Å²) in [5, 5.41) is 26.4. The lowest BCUT2D eigenvalue weighted by molar-refractivity contribution is -0.157. The summed E-state index contributed by atoms with van der Waals surface area (Å²) in [5.41, 5.74) is 2.19. The molecule has 1 spiro atoms. The van der Waals surface area contributed by atoms with Crippen LogP contribution in [-0.4, -0.2) is 103 Å². The van der Waals surface area contributed by atoms with E-state index in [1.165, 1.54) is 39.8 Å². The highest BCUT2D eigenvalue weighted by atomic mass is 32.2. The number of nitrogens with one attached hydrogen (secondary N) is 1. The van der Waals surface area contributed by atoms with Crippen molar-refractivity contribution in [2.45, 2.75) is 108 Å². The topological polar surface area (TPSA) is 205 Å². The first-order chi connectivity index (χ1) is 30.4. The lowest BCUT2D eigenvalue weighted by Gasteiger charge is -2.62. The van der Waals surface area contributed by atoms with Gasteiger partial charge >= 0.3 is 24.0 Å². The van der Waals surface area contributed by atoms with Crippen LogP contribution in [0.3, 0.4) is 0 Å². The molecule has 64 heavy (non-hydrogen) atoms. The first-order valence-corrected chi connectivity index (χ1v) is 22.1. The van der Waals surface area contributed by atoms with E-state index in [0.29, 0.717) is 57.8 Å². The van der Waals surface area contributed by atoms with Gasteiger partial charge in [0.2, 0.25) is 6.79 Å². The second-order valence-electron chi connectivity index (χ2n) is 17.9. The largest absolute Gasteiger partial charge is 0.504 e. The Morgan fingerprint density at radius 1 is 0.953 bits per heavy atom. The third-order valence-electron chi connectivity index (χ3n) is 13.0. The van der Waals surface area contributed by atoms with Crippen LogP contribution in [-0.2, 0) is 42.2 Å². The normalized spacial score (nSPS) is 26.3. The summed E-state index contributed by atoms with van der Waals surface area (Å²) in [7, 11) is 2.91. The molecule has 2 N–H and O–H groups in total. The molecule has 2 saturated heterocycles. The molecule has 7 atom stereocenters. The number of aryl methyl sites for hydroxylation is 1. The third kappa shape index (κ3) is 6.56. The number of fused-ring (bicyclic) bond motifs is 9. The van der Waals surface area contributed by atoms with E-state index in [1.54, 1.807) is 44.7 Å². The minimum atomic E-state index is -1.51. The Morgan fingerprint density at radius 3 is 2.36 bits per heavy atom. The monoisotopic (exact) mass is 898 g/mol. The molecule has 7 heterocycles. The van der Waals surface area contributed by atoms with E-state index in [4.69, 9.17) is 37.9 Å². The van der Waals surface area contributed by atoms with Gasteiger partial charge in [-0.3, -0.25) is 24.7 Å². The molecule has 3 aromatic rings. The molecule has 0 aliphatic carbocycles. The molecule has 7 aliphatic heterocycles. The Balaban J connectivity index is 1.34. The average Bonchev–Trinajstić information content (AvgIpc) is 3.72. The van der Waals surface area contributed by atoms with Gasteiger partial charge in [-0.25, -0.2) is 9.59 Å². The molecular weight excluding hydrogens is 849 g/mol. The van der Waals surface area contributed by atoms with Gasteiger partial charge in [-0.15, -0.1) is 11.8 Å². The summed E-state index contributed by atoms with van der Waals surface area (Å²) in [4.78, 5) is 58.8. The number of piperazine rings is 1. The summed E-state index contributed by atoms with van der Waals surface area (Å²) in [6, 6.07) is 3.18. The SMILES string of the molecule is COc1cc2c(cc1OC(C)=O)CCN[C@]21CS[C@@H]2c3c(OC(C)=O)c(C)c4c(c3[C@H](COC1=O)N1C2[C@@H]2c3c(cc(C)c(OC)c3O)C[C@@H]([C@@H]1C#N)N2C(=O)OC(C)(C)C)OCO4. The molecule has 0 saturated carbocycles. The molecule has 0 aromatic heterocycles. The summed E-state index contributed by atoms with van der Waals surface area (Å²) in [6.07, 6.45) is -0.0329. The number of benzene rings is 3. The van der Waals surface area contributed by atoms with Crippen LogP contribution in [0.25, 0.3) is 0 Å². The highest BCUT2D eigenvalue weighted by Gasteiger charge is 2.64. The molecule has 2 fully saturated rings. The van der Waals surface area contributed by atoms with E-state index in [-0.39, 0.29) is 54.3 Å². The fourth-order valence-electron chi connectivity index (χ4n) is 10.7. The molecule has 338 valence electrons. The molecule has 1 amide bonds. The number of hydrogen-bond donors (Lipinski definition) is 2. The third-order valence-corrected chi connectivity index (χ3v) is 14.4. The summed E-state index contributed by atoms with van der Waals surface area (Å²) in [6.45, 7) is 11.4. The maximum atomic E-state index is 15.1. The Kier molecular flexibility index (Phi) is 10.6. The van der Waals surface area contributed by atoms with Gasteiger partial charge < -0.3 is 43.0 Å². The second-order valence-corrected chi connectivity index (χ2v) is 19.0. The number of aromatic hydroxyl groups is 1. The number of thioether (sulfide) groups is 1. The summed E-state index contributed by atoms with van der Waals surface area (Å²) >= 11 is 1.34. The van der Waals surface area contributed by atoms with Crippen LogP contribution in [0.5, 0.6) is 40.2 Å². The zero-order valence-electron chi connectivity index (χ0n) is 37.0. The summed E-state index contributed by atoms with van der Waals surface area (Å²) < 4.78 is 48.1. The van der Waals surface area contributed by atoms with Gasteiger partial charge in [0, 0.05) is 48.4 Å². The number of hydrogen-bond acceptors (Lipinski definition) is 17. The van der Waals surface area contributed by atoms with Crippen molar-refractivity contribution in [2.24, 2.45) is 0 Å². The lowest BCUT2D eigenvalue weighted by atomic mass is 9.71. The maximum Gasteiger partial charge on any atom is 0.411 e. The van der Waals surface area contributed by atoms with Crippen LogP contribution < -0.4 is 33.7 Å². The van der Waals surface area contributed by atoms with Gasteiger partial charge in [0.05, 0.1) is 49.7 Å². The van der Waals surface area contributed by atoms with Gasteiger partial charge in [-0.2, -0.15) is 5.26 Å². The van der Waals surface area contributed by atoms with Crippen LogP contribution in [0, 0.1) is 25.2 Å². The van der Waals surface area contributed by atoms with E-state index in [0.717, 1.165) is 11.1 Å². The zero-order valence-corrected chi connectivity index (χ0v) is 37.9. The van der Waals surface area contributed by atoms with Crippen LogP contribution in [0.4, 0.5) is 4.79 Å². The van der Waals surface area contributed by atoms with Crippen molar-refractivity contribution in [2.75, 3.05) is 39.9 Å². The van der Waals surface area contributed by atoms with Crippen molar-refractivity contribution >= 4 is 35.8 Å². The van der Waals surface area contributed by atoms with Crippen molar-refractivity contribution < 1.29 is 62.2 Å². The predicted molar refractivity (Wildman–Crippen MR) is 228 cm³/mol. The minimum Gasteiger partial charge on any atom is -0.504 e. The van der Waals surface area contributed by atoms with E-state index >= 15 is 4.79 Å². The van der Waals surface area contributed by atoms with Gasteiger partial charge in [-0.1, -0.05) is 6.07 Å². The van der Waals surface area contributed by atoms with E-state index in [2.05, 4.69) is 11.4 Å². The van der Waals surface area contributed by atoms with Crippen molar-refractivity contribution in [3.8, 4) is 46.3 Å². The molecule has 17 nitrogen and oxygen atoms in total. The zero-order chi connectivity index (χ0) is 45.7. The van der Waals surface area contributed by atoms with Crippen LogP contribution in [0.2, 0.25) is 0 Å². The van der Waals surface area contributed by atoms with E-state index in [1.807, 2.05) is 17.9 Å². The Morgan fingerprint density at radius 2 is 1.69 bits per heavy atom. The highest BCUT2D eigenvalue weighted by molar-refractivity contribution is 7.99. The number of nitrogens with zero attached hydrogens (tertiary/aromatic N) is 3. The Hall–Kier alpha value is -5.90. The average molecular weight is 899 g/mol. The van der Waals surface area contributed by atoms with Crippen LogP contribution in [0.1, 0.15) is 96.5 Å². The van der Waals surface area contributed by atoms with Gasteiger partial charge in [0.15, 0.2) is 40.0 Å². The number of phenolic OH excluding ortho intramolecular Hbond substituents is 1. The quantitative estimate of drug-likeness (QED) is 0.245. The molecule has 1 unspecified atom stereocenters. The van der Waals surface area contributed by atoms with E-state index in [9.17, 15) is 24.8 Å². The summed E-state index contributed by atoms with van der Waals surface area (Å²) in [5.74, 6) is -0.314. The fourth-order valence-corrected chi connectivity index (χ4v) is 12.4. The second kappa shape index (κ2) is 15.7. The van der Waals surface area contributed by atoms with Gasteiger partial charge in [0.1, 0.15) is 24.0 Å². The molecule has 3 aromatic carbocycles. The van der Waals surface area contributed by atoms with Crippen molar-refractivity contribution in [3.63, 3.8) is 0 Å². The molecule has 0 radical (unpaired) electrons. The molecule has 18 heteroatoms. The van der Waals surface area contributed by atoms with Gasteiger partial charge in [-0.05, 0) is 81.8 Å². The fraction of sp³-hybridized carbons (Fsp3) is 0.500. The number of ether oxygens (including phenoxy) is 8. The van der Waals surface area contributed by atoms with Gasteiger partial charge in [0.25, 0.3) is 0 Å². The number of carbonyl (C=O) groups is 4. The van der Waals surface area contributed by atoms with Crippen LogP contribution in [0.15, 0.2) is 18.2 Å². The minimum absolute atomic E-state index is 0.00310. The Labute approximate surface area is 374 Å². The van der Waals surface area contributed by atoms with E-state index < -0.39 is 70.6 Å². The standard InChI is InChI=1S/C46H50N4O13S/c1-20-12-25-13-27-28(16-47)49-29-17-58-43(54)46(26-15-30(56-8)31(61-22(3)51)14-24(26)10-11-48-46)18-64-42(34-33(29)41-40(59-19-60-41)21(2)39(34)62-23(4)52)36(49)35(32(25)37(53)38(20)57-9)50(27)44(55)63-45(5,6)7/h12,14-15,27-29,35-36,42,48,53H,10-11,13,17-19H2,1-9H3/t27-,28-,29-,35-,36?,42+,46+/m0/s1. The molecule has 4 bridgehead atoms. The van der Waals surface area contributed by atoms with Crippen LogP contribution >= 0.6 is 11.8 Å². The number of esters is 3. The number of amides is 1. The molecule has 10 rings (SSSR count). The number of methoxy groups -OCH3 is 2. The first kappa shape index (κ1) is 43.4. The molecule has 7 aliphatic rings. The molecular formula is C46H50N4O13S.